The molecule has 0 aromatic heterocycles. The molecule has 0 saturated carbocycles. The zero-order chi connectivity index (χ0) is 9.14. The molecule has 0 amide bonds. The van der Waals surface area contributed by atoms with Gasteiger partial charge in [0.25, 0.3) is 0 Å². The third-order valence-corrected chi connectivity index (χ3v) is 2.38. The quantitative estimate of drug-likeness (QED) is 0.744. The Balaban J connectivity index is 3.01. The van der Waals surface area contributed by atoms with Crippen molar-refractivity contribution in [1.29, 1.82) is 0 Å². The lowest BCUT2D eigenvalue weighted by Gasteiger charge is -2.12. The van der Waals surface area contributed by atoms with Crippen LogP contribution in [0, 0.1) is 6.92 Å². The van der Waals surface area contributed by atoms with E-state index in [0.29, 0.717) is 6.04 Å². The highest BCUT2D eigenvalue weighted by Gasteiger charge is 2.06. The summed E-state index contributed by atoms with van der Waals surface area (Å²) >= 11 is 6.06. The lowest BCUT2D eigenvalue weighted by Crippen LogP contribution is -2.12. The highest BCUT2D eigenvalue weighted by Crippen LogP contribution is 2.23. The standard InChI is InChI=1S/C10H14ClN/c1-7-4-5-9(8(2)12-3)10(11)6-7/h4-6,8,12H,1-3H3/t8-/m1/s1. The second-order valence-corrected chi connectivity index (χ2v) is 3.44. The summed E-state index contributed by atoms with van der Waals surface area (Å²) in [5, 5.41) is 4.00. The molecular weight excluding hydrogens is 170 g/mol. The van der Waals surface area contributed by atoms with Gasteiger partial charge in [-0.3, -0.25) is 0 Å². The molecule has 0 unspecified atom stereocenters. The Bertz CT molecular complexity index is 271. The molecule has 1 N–H and O–H groups in total. The van der Waals surface area contributed by atoms with E-state index >= 15 is 0 Å². The minimum Gasteiger partial charge on any atom is -0.313 e. The van der Waals surface area contributed by atoms with Crippen molar-refractivity contribution in [3.63, 3.8) is 0 Å². The Labute approximate surface area is 78.7 Å². The summed E-state index contributed by atoms with van der Waals surface area (Å²) in [6, 6.07) is 6.46. The van der Waals surface area contributed by atoms with Crippen LogP contribution in [0.15, 0.2) is 18.2 Å². The molecule has 1 atom stereocenters. The zero-order valence-corrected chi connectivity index (χ0v) is 8.44. The summed E-state index contributed by atoms with van der Waals surface area (Å²) in [6.07, 6.45) is 0. The second-order valence-electron chi connectivity index (χ2n) is 3.04. The van der Waals surface area contributed by atoms with E-state index < -0.39 is 0 Å². The average Bonchev–Trinajstić information content (AvgIpc) is 2.03. The van der Waals surface area contributed by atoms with Crippen molar-refractivity contribution in [2.24, 2.45) is 0 Å². The van der Waals surface area contributed by atoms with Crippen LogP contribution in [0.4, 0.5) is 0 Å². The van der Waals surface area contributed by atoms with Crippen LogP contribution in [0.5, 0.6) is 0 Å². The van der Waals surface area contributed by atoms with Crippen molar-refractivity contribution in [2.45, 2.75) is 19.9 Å². The van der Waals surface area contributed by atoms with Gasteiger partial charge in [0.15, 0.2) is 0 Å². The van der Waals surface area contributed by atoms with E-state index in [0.717, 1.165) is 10.6 Å². The predicted molar refractivity (Wildman–Crippen MR) is 53.7 cm³/mol. The van der Waals surface area contributed by atoms with E-state index in [2.05, 4.69) is 24.4 Å². The van der Waals surface area contributed by atoms with Crippen LogP contribution < -0.4 is 5.32 Å². The van der Waals surface area contributed by atoms with Gasteiger partial charge in [-0.15, -0.1) is 0 Å². The molecule has 0 aliphatic heterocycles. The van der Waals surface area contributed by atoms with Gasteiger partial charge in [0, 0.05) is 11.1 Å². The minimum atomic E-state index is 0.318. The molecule has 0 bridgehead atoms. The number of hydrogen-bond acceptors (Lipinski definition) is 1. The maximum Gasteiger partial charge on any atom is 0.0456 e. The van der Waals surface area contributed by atoms with Crippen LogP contribution in [-0.2, 0) is 0 Å². The first-order valence-electron chi connectivity index (χ1n) is 4.08. The highest BCUT2D eigenvalue weighted by molar-refractivity contribution is 6.31. The van der Waals surface area contributed by atoms with Crippen LogP contribution in [0.3, 0.4) is 0 Å². The number of rotatable bonds is 2. The Morgan fingerprint density at radius 1 is 1.42 bits per heavy atom. The molecule has 0 radical (unpaired) electrons. The normalized spacial score (nSPS) is 13.0. The maximum absolute atomic E-state index is 6.06. The van der Waals surface area contributed by atoms with Crippen molar-refractivity contribution < 1.29 is 0 Å². The summed E-state index contributed by atoms with van der Waals surface area (Å²) in [5.41, 5.74) is 2.36. The molecule has 2 heteroatoms. The van der Waals surface area contributed by atoms with Crippen molar-refractivity contribution in [3.8, 4) is 0 Å². The fourth-order valence-electron chi connectivity index (χ4n) is 1.14. The van der Waals surface area contributed by atoms with Gasteiger partial charge in [-0.2, -0.15) is 0 Å². The average molecular weight is 184 g/mol. The fourth-order valence-corrected chi connectivity index (χ4v) is 1.54. The number of nitrogens with one attached hydrogen (secondary N) is 1. The first-order valence-corrected chi connectivity index (χ1v) is 4.46. The number of hydrogen-bond donors (Lipinski definition) is 1. The van der Waals surface area contributed by atoms with Gasteiger partial charge in [0.2, 0.25) is 0 Å². The molecule has 1 nitrogen and oxygen atoms in total. The zero-order valence-electron chi connectivity index (χ0n) is 7.69. The highest BCUT2D eigenvalue weighted by atomic mass is 35.5. The molecule has 0 spiro atoms. The van der Waals surface area contributed by atoms with Gasteiger partial charge in [-0.1, -0.05) is 23.7 Å². The molecule has 0 saturated heterocycles. The number of benzene rings is 1. The van der Waals surface area contributed by atoms with Crippen molar-refractivity contribution in [3.05, 3.63) is 34.3 Å². The molecule has 1 aromatic rings. The summed E-state index contributed by atoms with van der Waals surface area (Å²) in [7, 11) is 1.93. The summed E-state index contributed by atoms with van der Waals surface area (Å²) in [5.74, 6) is 0. The van der Waals surface area contributed by atoms with Gasteiger partial charge in [0.05, 0.1) is 0 Å². The van der Waals surface area contributed by atoms with Crippen LogP contribution in [0.25, 0.3) is 0 Å². The Morgan fingerprint density at radius 3 is 2.58 bits per heavy atom. The second kappa shape index (κ2) is 3.92. The first-order chi connectivity index (χ1) is 5.65. The molecule has 12 heavy (non-hydrogen) atoms. The van der Waals surface area contributed by atoms with Crippen LogP contribution in [0.1, 0.15) is 24.1 Å². The van der Waals surface area contributed by atoms with Gasteiger partial charge in [0.1, 0.15) is 0 Å². The Morgan fingerprint density at radius 2 is 2.08 bits per heavy atom. The number of aryl methyl sites for hydroxylation is 1. The molecule has 0 heterocycles. The molecule has 1 rings (SSSR count). The molecule has 1 aromatic carbocycles. The smallest absolute Gasteiger partial charge is 0.0456 e. The molecule has 66 valence electrons. The minimum absolute atomic E-state index is 0.318. The van der Waals surface area contributed by atoms with E-state index in [4.69, 9.17) is 11.6 Å². The molecule has 0 aliphatic rings. The lowest BCUT2D eigenvalue weighted by atomic mass is 10.1. The topological polar surface area (TPSA) is 12.0 Å². The third-order valence-electron chi connectivity index (χ3n) is 2.06. The summed E-state index contributed by atoms with van der Waals surface area (Å²) in [4.78, 5) is 0. The predicted octanol–water partition coefficient (Wildman–Crippen LogP) is 2.93. The van der Waals surface area contributed by atoms with Crippen molar-refractivity contribution >= 4 is 11.6 Å². The van der Waals surface area contributed by atoms with E-state index in [9.17, 15) is 0 Å². The van der Waals surface area contributed by atoms with Gasteiger partial charge in [-0.25, -0.2) is 0 Å². The summed E-state index contributed by atoms with van der Waals surface area (Å²) in [6.45, 7) is 4.14. The maximum atomic E-state index is 6.06. The summed E-state index contributed by atoms with van der Waals surface area (Å²) < 4.78 is 0. The fraction of sp³-hybridized carbons (Fsp3) is 0.400. The first kappa shape index (κ1) is 9.56. The van der Waals surface area contributed by atoms with Crippen LogP contribution in [0.2, 0.25) is 5.02 Å². The molecule has 0 aliphatic carbocycles. The van der Waals surface area contributed by atoms with E-state index in [1.807, 2.05) is 20.0 Å². The monoisotopic (exact) mass is 183 g/mol. The van der Waals surface area contributed by atoms with Crippen LogP contribution >= 0.6 is 11.6 Å². The SMILES string of the molecule is CN[C@H](C)c1ccc(C)cc1Cl. The third kappa shape index (κ3) is 1.99. The molecular formula is C10H14ClN. The van der Waals surface area contributed by atoms with Gasteiger partial charge >= 0.3 is 0 Å². The van der Waals surface area contributed by atoms with Crippen molar-refractivity contribution in [2.75, 3.05) is 7.05 Å². The van der Waals surface area contributed by atoms with Gasteiger partial charge in [-0.05, 0) is 38.1 Å². The number of halogens is 1. The molecule has 0 fully saturated rings. The van der Waals surface area contributed by atoms with E-state index in [-0.39, 0.29) is 0 Å². The Kier molecular flexibility index (Phi) is 3.12. The van der Waals surface area contributed by atoms with Crippen LogP contribution in [-0.4, -0.2) is 7.05 Å². The largest absolute Gasteiger partial charge is 0.313 e. The van der Waals surface area contributed by atoms with E-state index in [1.54, 1.807) is 0 Å². The Hall–Kier alpha value is -0.530. The van der Waals surface area contributed by atoms with Gasteiger partial charge < -0.3 is 5.32 Å². The van der Waals surface area contributed by atoms with Crippen molar-refractivity contribution in [1.82, 2.24) is 5.32 Å². The van der Waals surface area contributed by atoms with E-state index in [1.165, 1.54) is 5.56 Å². The lowest BCUT2D eigenvalue weighted by molar-refractivity contribution is 0.652.